The highest BCUT2D eigenvalue weighted by Gasteiger charge is 2.19. The lowest BCUT2D eigenvalue weighted by Crippen LogP contribution is -2.48. The van der Waals surface area contributed by atoms with Gasteiger partial charge in [-0.05, 0) is 43.3 Å². The minimum atomic E-state index is -3.88. The number of hydrogen-bond acceptors (Lipinski definition) is 4. The second-order valence-electron chi connectivity index (χ2n) is 4.65. The fourth-order valence-corrected chi connectivity index (χ4v) is 3.72. The van der Waals surface area contributed by atoms with Gasteiger partial charge in [-0.15, -0.1) is 4.83 Å². The summed E-state index contributed by atoms with van der Waals surface area (Å²) in [6, 6.07) is 4.17. The van der Waals surface area contributed by atoms with Crippen molar-refractivity contribution in [3.8, 4) is 0 Å². The molecule has 1 aliphatic rings. The van der Waals surface area contributed by atoms with Gasteiger partial charge in [-0.1, -0.05) is 23.2 Å². The van der Waals surface area contributed by atoms with E-state index in [1.165, 1.54) is 18.2 Å². The fourth-order valence-electron chi connectivity index (χ4n) is 1.91. The van der Waals surface area contributed by atoms with Crippen molar-refractivity contribution in [2.45, 2.75) is 23.8 Å². The molecular weight excluding hydrogens is 369 g/mol. The van der Waals surface area contributed by atoms with Crippen LogP contribution in [0.3, 0.4) is 0 Å². The first-order valence-corrected chi connectivity index (χ1v) is 9.15. The molecule has 3 N–H and O–H groups in total. The zero-order valence-corrected chi connectivity index (χ0v) is 14.6. The number of benzene rings is 1. The Bertz CT molecular complexity index is 649. The van der Waals surface area contributed by atoms with E-state index in [9.17, 15) is 8.42 Å². The van der Waals surface area contributed by atoms with Crippen LogP contribution in [0, 0.1) is 0 Å². The van der Waals surface area contributed by atoms with E-state index in [1.807, 2.05) is 0 Å². The van der Waals surface area contributed by atoms with E-state index in [2.05, 4.69) is 15.6 Å². The van der Waals surface area contributed by atoms with Crippen molar-refractivity contribution in [1.82, 2.24) is 15.6 Å². The monoisotopic (exact) mass is 383 g/mol. The molecule has 10 heteroatoms. The van der Waals surface area contributed by atoms with Crippen LogP contribution < -0.4 is 15.6 Å². The summed E-state index contributed by atoms with van der Waals surface area (Å²) in [4.78, 5) is 2.02. The van der Waals surface area contributed by atoms with Crippen LogP contribution in [-0.2, 0) is 14.8 Å². The molecule has 0 aromatic heterocycles. The predicted octanol–water partition coefficient (Wildman–Crippen LogP) is 1.83. The lowest BCUT2D eigenvalue weighted by Gasteiger charge is -2.15. The summed E-state index contributed by atoms with van der Waals surface area (Å²) < 4.78 is 29.7. The minimum Gasteiger partial charge on any atom is -0.376 e. The first-order chi connectivity index (χ1) is 10.4. The Labute approximate surface area is 144 Å². The molecule has 1 saturated heterocycles. The molecule has 122 valence electrons. The standard InChI is InChI=1S/C12H15Cl2N3O3S2/c13-8-3-4-10(14)11(6-8)22(18,19)17-16-12(21)15-7-9-2-1-5-20-9/h3-4,6,9,17H,1-2,5,7H2,(H2,15,16,21)/t9-/m1/s1. The third-order valence-electron chi connectivity index (χ3n) is 3.00. The number of hydrogen-bond donors (Lipinski definition) is 3. The largest absolute Gasteiger partial charge is 0.376 e. The fraction of sp³-hybridized carbons (Fsp3) is 0.417. The first kappa shape index (κ1) is 17.7. The molecule has 22 heavy (non-hydrogen) atoms. The first-order valence-electron chi connectivity index (χ1n) is 6.51. The zero-order valence-electron chi connectivity index (χ0n) is 11.4. The molecule has 0 amide bonds. The Hall–Kier alpha value is -0.640. The van der Waals surface area contributed by atoms with Gasteiger partial charge in [0.1, 0.15) is 4.90 Å². The molecule has 1 aliphatic heterocycles. The Morgan fingerprint density at radius 2 is 2.18 bits per heavy atom. The highest BCUT2D eigenvalue weighted by Crippen LogP contribution is 2.24. The molecule has 6 nitrogen and oxygen atoms in total. The highest BCUT2D eigenvalue weighted by atomic mass is 35.5. The number of sulfonamides is 1. The van der Waals surface area contributed by atoms with E-state index < -0.39 is 10.0 Å². The lowest BCUT2D eigenvalue weighted by molar-refractivity contribution is 0.114. The number of halogens is 2. The van der Waals surface area contributed by atoms with Gasteiger partial charge >= 0.3 is 0 Å². The van der Waals surface area contributed by atoms with Crippen LogP contribution in [0.5, 0.6) is 0 Å². The second-order valence-corrected chi connectivity index (χ2v) is 7.55. The summed E-state index contributed by atoms with van der Waals surface area (Å²) in [5.74, 6) is 0. The maximum atomic E-state index is 12.1. The molecule has 2 rings (SSSR count). The maximum absolute atomic E-state index is 12.1. The van der Waals surface area contributed by atoms with E-state index >= 15 is 0 Å². The van der Waals surface area contributed by atoms with Gasteiger partial charge in [0.15, 0.2) is 5.11 Å². The van der Waals surface area contributed by atoms with Crippen molar-refractivity contribution in [2.24, 2.45) is 0 Å². The van der Waals surface area contributed by atoms with E-state index in [4.69, 9.17) is 40.2 Å². The third kappa shape index (κ3) is 4.94. The molecule has 1 heterocycles. The van der Waals surface area contributed by atoms with Crippen molar-refractivity contribution >= 4 is 50.6 Å². The Balaban J connectivity index is 1.88. The SMILES string of the molecule is O=S(=O)(NNC(=S)NC[C@H]1CCCO1)c1cc(Cl)ccc1Cl. The van der Waals surface area contributed by atoms with Gasteiger partial charge in [0.25, 0.3) is 10.0 Å². The molecule has 1 fully saturated rings. The van der Waals surface area contributed by atoms with Gasteiger partial charge in [0, 0.05) is 18.2 Å². The average molecular weight is 384 g/mol. The van der Waals surface area contributed by atoms with Crippen LogP contribution in [-0.4, -0.2) is 32.8 Å². The molecule has 0 spiro atoms. The normalized spacial score (nSPS) is 18.2. The van der Waals surface area contributed by atoms with Gasteiger partial charge in [0.2, 0.25) is 0 Å². The average Bonchev–Trinajstić information content (AvgIpc) is 2.99. The topological polar surface area (TPSA) is 79.5 Å². The molecule has 1 atom stereocenters. The maximum Gasteiger partial charge on any atom is 0.258 e. The van der Waals surface area contributed by atoms with Crippen molar-refractivity contribution in [3.05, 3.63) is 28.2 Å². The minimum absolute atomic E-state index is 0.0666. The van der Waals surface area contributed by atoms with Crippen LogP contribution in [0.25, 0.3) is 0 Å². The molecule has 1 aromatic rings. The predicted molar refractivity (Wildman–Crippen MR) is 89.5 cm³/mol. The van der Waals surface area contributed by atoms with Gasteiger partial charge in [-0.3, -0.25) is 5.43 Å². The summed E-state index contributed by atoms with van der Waals surface area (Å²) in [6.45, 7) is 1.26. The van der Waals surface area contributed by atoms with Crippen LogP contribution in [0.2, 0.25) is 10.0 Å². The summed E-state index contributed by atoms with van der Waals surface area (Å²) in [6.07, 6.45) is 2.07. The van der Waals surface area contributed by atoms with Crippen LogP contribution in [0.15, 0.2) is 23.1 Å². The van der Waals surface area contributed by atoms with Crippen molar-refractivity contribution in [3.63, 3.8) is 0 Å². The lowest BCUT2D eigenvalue weighted by atomic mass is 10.2. The second kappa shape index (κ2) is 7.76. The van der Waals surface area contributed by atoms with Gasteiger partial charge < -0.3 is 10.1 Å². The van der Waals surface area contributed by atoms with Crippen LogP contribution in [0.1, 0.15) is 12.8 Å². The van der Waals surface area contributed by atoms with E-state index in [-0.39, 0.29) is 26.2 Å². The number of nitrogens with one attached hydrogen (secondary N) is 3. The Morgan fingerprint density at radius 3 is 2.86 bits per heavy atom. The van der Waals surface area contributed by atoms with Crippen molar-refractivity contribution < 1.29 is 13.2 Å². The molecule has 0 radical (unpaired) electrons. The van der Waals surface area contributed by atoms with Crippen LogP contribution >= 0.6 is 35.4 Å². The van der Waals surface area contributed by atoms with Gasteiger partial charge in [0.05, 0.1) is 11.1 Å². The van der Waals surface area contributed by atoms with Gasteiger partial charge in [-0.25, -0.2) is 8.42 Å². The van der Waals surface area contributed by atoms with Gasteiger partial charge in [-0.2, -0.15) is 0 Å². The van der Waals surface area contributed by atoms with E-state index in [1.54, 1.807) is 0 Å². The molecular formula is C12H15Cl2N3O3S2. The van der Waals surface area contributed by atoms with E-state index in [0.717, 1.165) is 19.4 Å². The molecule has 0 bridgehead atoms. The number of rotatable bonds is 5. The Kier molecular flexibility index (Phi) is 6.25. The number of ether oxygens (including phenoxy) is 1. The quantitative estimate of drug-likeness (QED) is 0.531. The van der Waals surface area contributed by atoms with Crippen molar-refractivity contribution in [1.29, 1.82) is 0 Å². The molecule has 0 saturated carbocycles. The summed E-state index contributed by atoms with van der Waals surface area (Å²) >= 11 is 16.7. The van der Waals surface area contributed by atoms with Crippen LogP contribution in [0.4, 0.5) is 0 Å². The number of thiocarbonyl (C=S) groups is 1. The highest BCUT2D eigenvalue weighted by molar-refractivity contribution is 7.89. The van der Waals surface area contributed by atoms with E-state index in [0.29, 0.717) is 6.54 Å². The van der Waals surface area contributed by atoms with Crippen molar-refractivity contribution in [2.75, 3.05) is 13.2 Å². The molecule has 1 aromatic carbocycles. The molecule has 0 aliphatic carbocycles. The summed E-state index contributed by atoms with van der Waals surface area (Å²) in [7, 11) is -3.88. The Morgan fingerprint density at radius 1 is 1.41 bits per heavy atom. The third-order valence-corrected chi connectivity index (χ3v) is 5.21. The smallest absolute Gasteiger partial charge is 0.258 e. The summed E-state index contributed by atoms with van der Waals surface area (Å²) in [5, 5.41) is 3.37. The zero-order chi connectivity index (χ0) is 16.2. The summed E-state index contributed by atoms with van der Waals surface area (Å²) in [5.41, 5.74) is 2.42. The molecule has 0 unspecified atom stereocenters. The number of hydrazine groups is 1.